The quantitative estimate of drug-likeness (QED) is 0.750. The maximum absolute atomic E-state index is 5.21. The van der Waals surface area contributed by atoms with Gasteiger partial charge in [-0.2, -0.15) is 0 Å². The van der Waals surface area contributed by atoms with E-state index in [-0.39, 0.29) is 0 Å². The van der Waals surface area contributed by atoms with Crippen LogP contribution in [0.4, 0.5) is 0 Å². The van der Waals surface area contributed by atoms with E-state index in [1.165, 1.54) is 10.4 Å². The Labute approximate surface area is 129 Å². The number of rotatable bonds is 8. The molecule has 0 fully saturated rings. The summed E-state index contributed by atoms with van der Waals surface area (Å²) < 4.78 is 10.2. The van der Waals surface area contributed by atoms with Crippen molar-refractivity contribution < 1.29 is 9.47 Å². The molecular formula is C15H21N3O2S. The largest absolute Gasteiger partial charge is 0.467 e. The van der Waals surface area contributed by atoms with E-state index in [9.17, 15) is 0 Å². The first-order valence-corrected chi connectivity index (χ1v) is 7.70. The van der Waals surface area contributed by atoms with Crippen LogP contribution in [0.3, 0.4) is 0 Å². The molecule has 0 radical (unpaired) electrons. The number of hydrogen-bond donors (Lipinski definition) is 0. The zero-order chi connectivity index (χ0) is 15.1. The lowest BCUT2D eigenvalue weighted by Crippen LogP contribution is -2.26. The molecule has 2 aromatic heterocycles. The molecule has 5 nitrogen and oxygen atoms in total. The highest BCUT2D eigenvalue weighted by molar-refractivity contribution is 7.10. The van der Waals surface area contributed by atoms with Crippen molar-refractivity contribution in [3.05, 3.63) is 39.8 Å². The molecule has 2 heterocycles. The standard InChI is InChI=1S/C15H21N3O2S/c1-12-4-7-21-14(12)11-18(5-6-19-2)10-13-8-16-15(20-3)17-9-13/h4,7-9H,5-6,10-11H2,1-3H3. The fraction of sp³-hybridized carbons (Fsp3) is 0.467. The highest BCUT2D eigenvalue weighted by Gasteiger charge is 2.10. The second kappa shape index (κ2) is 8.07. The van der Waals surface area contributed by atoms with Crippen molar-refractivity contribution in [1.29, 1.82) is 0 Å². The van der Waals surface area contributed by atoms with E-state index in [0.717, 1.165) is 25.2 Å². The zero-order valence-corrected chi connectivity index (χ0v) is 13.5. The van der Waals surface area contributed by atoms with Gasteiger partial charge in [-0.05, 0) is 23.9 Å². The van der Waals surface area contributed by atoms with Crippen LogP contribution in [-0.4, -0.2) is 42.2 Å². The van der Waals surface area contributed by atoms with Gasteiger partial charge >= 0.3 is 6.01 Å². The second-order valence-corrected chi connectivity index (χ2v) is 5.81. The number of aryl methyl sites for hydroxylation is 1. The van der Waals surface area contributed by atoms with Crippen molar-refractivity contribution in [3.63, 3.8) is 0 Å². The fourth-order valence-electron chi connectivity index (χ4n) is 1.99. The maximum Gasteiger partial charge on any atom is 0.316 e. The molecule has 6 heteroatoms. The van der Waals surface area contributed by atoms with Gasteiger partial charge in [-0.15, -0.1) is 11.3 Å². The third-order valence-corrected chi connectivity index (χ3v) is 4.23. The minimum absolute atomic E-state index is 0.399. The minimum Gasteiger partial charge on any atom is -0.467 e. The van der Waals surface area contributed by atoms with Gasteiger partial charge in [0.05, 0.1) is 13.7 Å². The van der Waals surface area contributed by atoms with Gasteiger partial charge in [-0.3, -0.25) is 4.90 Å². The van der Waals surface area contributed by atoms with Crippen LogP contribution in [0.2, 0.25) is 0 Å². The molecule has 0 unspecified atom stereocenters. The lowest BCUT2D eigenvalue weighted by molar-refractivity contribution is 0.140. The predicted molar refractivity (Wildman–Crippen MR) is 83.6 cm³/mol. The summed E-state index contributed by atoms with van der Waals surface area (Å²) in [5, 5.41) is 2.13. The van der Waals surface area contributed by atoms with Crippen molar-refractivity contribution in [1.82, 2.24) is 14.9 Å². The fourth-order valence-corrected chi connectivity index (χ4v) is 2.94. The van der Waals surface area contributed by atoms with E-state index in [1.54, 1.807) is 25.6 Å². The van der Waals surface area contributed by atoms with E-state index in [4.69, 9.17) is 9.47 Å². The molecule has 2 aromatic rings. The molecular weight excluding hydrogens is 286 g/mol. The topological polar surface area (TPSA) is 47.5 Å². The summed E-state index contributed by atoms with van der Waals surface area (Å²) in [5.74, 6) is 0. The average Bonchev–Trinajstić information content (AvgIpc) is 2.91. The van der Waals surface area contributed by atoms with Gasteiger partial charge in [0, 0.05) is 49.6 Å². The number of thiophene rings is 1. The van der Waals surface area contributed by atoms with Gasteiger partial charge in [0.25, 0.3) is 0 Å². The molecule has 2 rings (SSSR count). The Kier molecular flexibility index (Phi) is 6.10. The number of ether oxygens (including phenoxy) is 2. The Morgan fingerprint density at radius 1 is 1.19 bits per heavy atom. The van der Waals surface area contributed by atoms with Crippen molar-refractivity contribution >= 4 is 11.3 Å². The summed E-state index contributed by atoms with van der Waals surface area (Å²) in [6.45, 7) is 5.45. The van der Waals surface area contributed by atoms with Crippen molar-refractivity contribution in [3.8, 4) is 6.01 Å². The second-order valence-electron chi connectivity index (χ2n) is 4.81. The summed E-state index contributed by atoms with van der Waals surface area (Å²) in [4.78, 5) is 12.0. The first-order valence-electron chi connectivity index (χ1n) is 6.82. The molecule has 0 spiro atoms. The SMILES string of the molecule is COCCN(Cc1cnc(OC)nc1)Cc1sccc1C. The van der Waals surface area contributed by atoms with E-state index in [1.807, 2.05) is 12.4 Å². The Bertz CT molecular complexity index is 542. The molecule has 0 amide bonds. The molecule has 0 bridgehead atoms. The molecule has 0 N–H and O–H groups in total. The Morgan fingerprint density at radius 2 is 1.95 bits per heavy atom. The number of aromatic nitrogens is 2. The van der Waals surface area contributed by atoms with Crippen molar-refractivity contribution in [2.24, 2.45) is 0 Å². The van der Waals surface area contributed by atoms with E-state index >= 15 is 0 Å². The first-order chi connectivity index (χ1) is 10.2. The van der Waals surface area contributed by atoms with Crippen LogP contribution in [0, 0.1) is 6.92 Å². The molecule has 0 aliphatic heterocycles. The Hall–Kier alpha value is -1.50. The minimum atomic E-state index is 0.399. The molecule has 0 aliphatic rings. The van der Waals surface area contributed by atoms with Crippen LogP contribution in [0.25, 0.3) is 0 Å². The van der Waals surface area contributed by atoms with E-state index in [0.29, 0.717) is 12.6 Å². The van der Waals surface area contributed by atoms with E-state index in [2.05, 4.69) is 33.2 Å². The Balaban J connectivity index is 2.02. The lowest BCUT2D eigenvalue weighted by atomic mass is 10.2. The van der Waals surface area contributed by atoms with Crippen LogP contribution >= 0.6 is 11.3 Å². The molecule has 0 aliphatic carbocycles. The summed E-state index contributed by atoms with van der Waals surface area (Å²) in [6.07, 6.45) is 3.62. The molecule has 0 aromatic carbocycles. The van der Waals surface area contributed by atoms with Gasteiger partial charge in [0.2, 0.25) is 0 Å². The lowest BCUT2D eigenvalue weighted by Gasteiger charge is -2.21. The van der Waals surface area contributed by atoms with Crippen molar-refractivity contribution in [2.75, 3.05) is 27.4 Å². The Morgan fingerprint density at radius 3 is 2.52 bits per heavy atom. The smallest absolute Gasteiger partial charge is 0.316 e. The van der Waals surface area contributed by atoms with Crippen LogP contribution in [-0.2, 0) is 17.8 Å². The van der Waals surface area contributed by atoms with Gasteiger partial charge in [-0.25, -0.2) is 9.97 Å². The molecule has 114 valence electrons. The highest BCUT2D eigenvalue weighted by atomic mass is 32.1. The highest BCUT2D eigenvalue weighted by Crippen LogP contribution is 2.19. The zero-order valence-electron chi connectivity index (χ0n) is 12.7. The van der Waals surface area contributed by atoms with Gasteiger partial charge in [-0.1, -0.05) is 0 Å². The molecule has 21 heavy (non-hydrogen) atoms. The van der Waals surface area contributed by atoms with Crippen LogP contribution in [0.15, 0.2) is 23.8 Å². The third-order valence-electron chi connectivity index (χ3n) is 3.22. The maximum atomic E-state index is 5.21. The summed E-state index contributed by atoms with van der Waals surface area (Å²) in [7, 11) is 3.30. The number of methoxy groups -OCH3 is 2. The first kappa shape index (κ1) is 15.9. The van der Waals surface area contributed by atoms with Gasteiger partial charge < -0.3 is 9.47 Å². The predicted octanol–water partition coefficient (Wildman–Crippen LogP) is 2.50. The summed E-state index contributed by atoms with van der Waals surface area (Å²) in [6, 6.07) is 2.56. The van der Waals surface area contributed by atoms with Gasteiger partial charge in [0.15, 0.2) is 0 Å². The summed E-state index contributed by atoms with van der Waals surface area (Å²) in [5.41, 5.74) is 2.41. The van der Waals surface area contributed by atoms with E-state index < -0.39 is 0 Å². The van der Waals surface area contributed by atoms with Crippen molar-refractivity contribution in [2.45, 2.75) is 20.0 Å². The molecule has 0 atom stereocenters. The van der Waals surface area contributed by atoms with Crippen LogP contribution < -0.4 is 4.74 Å². The van der Waals surface area contributed by atoms with Gasteiger partial charge in [0.1, 0.15) is 0 Å². The normalized spacial score (nSPS) is 11.0. The summed E-state index contributed by atoms with van der Waals surface area (Å²) >= 11 is 1.79. The monoisotopic (exact) mass is 307 g/mol. The number of nitrogens with zero attached hydrogens (tertiary/aromatic N) is 3. The third kappa shape index (κ3) is 4.77. The average molecular weight is 307 g/mol. The number of hydrogen-bond acceptors (Lipinski definition) is 6. The van der Waals surface area contributed by atoms with Crippen LogP contribution in [0.1, 0.15) is 16.0 Å². The molecule has 0 saturated heterocycles. The van der Waals surface area contributed by atoms with Crippen LogP contribution in [0.5, 0.6) is 6.01 Å². The molecule has 0 saturated carbocycles.